The molecule has 1 saturated carbocycles. The molecule has 0 radical (unpaired) electrons. The summed E-state index contributed by atoms with van der Waals surface area (Å²) in [5.41, 5.74) is 3.46. The van der Waals surface area contributed by atoms with Gasteiger partial charge in [0.15, 0.2) is 11.3 Å². The Morgan fingerprint density at radius 1 is 1.26 bits per heavy atom. The zero-order valence-corrected chi connectivity index (χ0v) is 14.6. The van der Waals surface area contributed by atoms with Crippen LogP contribution in [0.2, 0.25) is 0 Å². The Bertz CT molecular complexity index is 1060. The van der Waals surface area contributed by atoms with Gasteiger partial charge in [-0.15, -0.1) is 5.10 Å². The molecule has 5 rings (SSSR count). The van der Waals surface area contributed by atoms with Gasteiger partial charge in [-0.2, -0.15) is 0 Å². The summed E-state index contributed by atoms with van der Waals surface area (Å²) in [7, 11) is 0. The highest BCUT2D eigenvalue weighted by molar-refractivity contribution is 5.98. The summed E-state index contributed by atoms with van der Waals surface area (Å²) >= 11 is 0. The van der Waals surface area contributed by atoms with Crippen molar-refractivity contribution < 1.29 is 14.7 Å². The number of fused-ring (bicyclic) bond motifs is 1. The molecular weight excluding hydrogens is 348 g/mol. The molecule has 3 aromatic heterocycles. The van der Waals surface area contributed by atoms with Gasteiger partial charge < -0.3 is 14.4 Å². The van der Waals surface area contributed by atoms with E-state index in [2.05, 4.69) is 22.6 Å². The second-order valence-corrected chi connectivity index (χ2v) is 7.15. The van der Waals surface area contributed by atoms with Crippen LogP contribution in [0.1, 0.15) is 53.3 Å². The zero-order chi connectivity index (χ0) is 18.5. The molecule has 1 N–H and O–H groups in total. The van der Waals surface area contributed by atoms with Crippen molar-refractivity contribution in [2.24, 2.45) is 0 Å². The van der Waals surface area contributed by atoms with Crippen molar-refractivity contribution in [2.75, 3.05) is 11.4 Å². The van der Waals surface area contributed by atoms with E-state index in [-0.39, 0.29) is 11.6 Å². The molecule has 4 heterocycles. The third kappa shape index (κ3) is 2.84. The van der Waals surface area contributed by atoms with E-state index in [4.69, 9.17) is 10.1 Å². The average Bonchev–Trinajstić information content (AvgIpc) is 3.03. The summed E-state index contributed by atoms with van der Waals surface area (Å²) in [4.78, 5) is 29.8. The number of rotatable bonds is 5. The number of hydrogen-bond acceptors (Lipinski definition) is 5. The van der Waals surface area contributed by atoms with Crippen LogP contribution in [0.15, 0.2) is 24.7 Å². The Kier molecular flexibility index (Phi) is 3.49. The molecule has 0 unspecified atom stereocenters. The molecule has 138 valence electrons. The van der Waals surface area contributed by atoms with Crippen molar-refractivity contribution in [1.29, 1.82) is 0 Å². The second-order valence-electron chi connectivity index (χ2n) is 7.15. The van der Waals surface area contributed by atoms with Gasteiger partial charge >= 0.3 is 5.97 Å². The number of aromatic carboxylic acids is 1. The lowest BCUT2D eigenvalue weighted by Crippen LogP contribution is -2.24. The van der Waals surface area contributed by atoms with Crippen molar-refractivity contribution in [1.82, 2.24) is 24.4 Å². The van der Waals surface area contributed by atoms with E-state index in [1.54, 1.807) is 0 Å². The van der Waals surface area contributed by atoms with Gasteiger partial charge in [0.25, 0.3) is 0 Å². The lowest BCUT2D eigenvalue weighted by molar-refractivity contribution is -0.117. The second kappa shape index (κ2) is 5.90. The smallest absolute Gasteiger partial charge is 0.358 e. The maximum atomic E-state index is 12.3. The van der Waals surface area contributed by atoms with Gasteiger partial charge in [0.1, 0.15) is 0 Å². The van der Waals surface area contributed by atoms with Gasteiger partial charge in [-0.1, -0.05) is 5.21 Å². The number of nitrogens with zero attached hydrogens (tertiary/aromatic N) is 6. The van der Waals surface area contributed by atoms with Crippen molar-refractivity contribution in [2.45, 2.75) is 38.1 Å². The minimum absolute atomic E-state index is 0.0989. The predicted octanol–water partition coefficient (Wildman–Crippen LogP) is 1.68. The Hall–Kier alpha value is -3.23. The SMILES string of the molecule is O=C(O)c1cn(Cc2cn3cc(C4CC4)cc(N4CCCC4=O)c3n2)nn1. The van der Waals surface area contributed by atoms with Crippen LogP contribution in [-0.4, -0.2) is 47.9 Å². The topological polar surface area (TPSA) is 106 Å². The van der Waals surface area contributed by atoms with Crippen LogP contribution in [0.5, 0.6) is 0 Å². The van der Waals surface area contributed by atoms with E-state index in [0.717, 1.165) is 30.0 Å². The van der Waals surface area contributed by atoms with E-state index in [0.29, 0.717) is 18.9 Å². The van der Waals surface area contributed by atoms with Crippen LogP contribution in [0.4, 0.5) is 5.69 Å². The maximum Gasteiger partial charge on any atom is 0.358 e. The normalized spacial score (nSPS) is 17.2. The molecule has 1 amide bonds. The lowest BCUT2D eigenvalue weighted by Gasteiger charge is -2.17. The third-order valence-electron chi connectivity index (χ3n) is 5.10. The molecule has 0 aromatic carbocycles. The fourth-order valence-electron chi connectivity index (χ4n) is 3.61. The molecule has 2 aliphatic rings. The summed E-state index contributed by atoms with van der Waals surface area (Å²) in [5, 5.41) is 16.4. The number of carboxylic acids is 1. The zero-order valence-electron chi connectivity index (χ0n) is 14.6. The first-order valence-electron chi connectivity index (χ1n) is 9.04. The molecule has 0 atom stereocenters. The van der Waals surface area contributed by atoms with E-state index < -0.39 is 5.97 Å². The molecule has 1 aliphatic carbocycles. The standard InChI is InChI=1S/C18H18N6O3/c25-16-2-1-5-24(16)15-6-12(11-3-4-11)7-22-8-13(19-17(15)22)9-23-10-14(18(26)27)20-21-23/h6-8,10-11H,1-5,9H2,(H,26,27). The van der Waals surface area contributed by atoms with Crippen molar-refractivity contribution in [3.05, 3.63) is 41.6 Å². The van der Waals surface area contributed by atoms with Crippen LogP contribution < -0.4 is 4.90 Å². The number of aromatic nitrogens is 5. The molecule has 2 fully saturated rings. The Morgan fingerprint density at radius 3 is 2.78 bits per heavy atom. The first kappa shape index (κ1) is 16.0. The van der Waals surface area contributed by atoms with Crippen molar-refractivity contribution in [3.63, 3.8) is 0 Å². The number of imidazole rings is 1. The van der Waals surface area contributed by atoms with Gasteiger partial charge in [-0.05, 0) is 36.8 Å². The van der Waals surface area contributed by atoms with Crippen LogP contribution >= 0.6 is 0 Å². The van der Waals surface area contributed by atoms with Crippen LogP contribution in [0.25, 0.3) is 5.65 Å². The van der Waals surface area contributed by atoms with E-state index in [1.807, 2.05) is 15.5 Å². The van der Waals surface area contributed by atoms with Gasteiger partial charge in [-0.25, -0.2) is 14.5 Å². The van der Waals surface area contributed by atoms with Gasteiger partial charge in [-0.3, -0.25) is 4.79 Å². The summed E-state index contributed by atoms with van der Waals surface area (Å²) in [6.45, 7) is 1.03. The number of carboxylic acid groups (broad SMARTS) is 1. The van der Waals surface area contributed by atoms with Gasteiger partial charge in [0.2, 0.25) is 5.91 Å². The maximum absolute atomic E-state index is 12.3. The van der Waals surface area contributed by atoms with Crippen LogP contribution in [0, 0.1) is 0 Å². The van der Waals surface area contributed by atoms with Gasteiger partial charge in [0.05, 0.1) is 24.1 Å². The summed E-state index contributed by atoms with van der Waals surface area (Å²) in [6.07, 6.45) is 9.17. The molecule has 9 nitrogen and oxygen atoms in total. The lowest BCUT2D eigenvalue weighted by atomic mass is 10.1. The Labute approximate surface area is 154 Å². The molecule has 1 saturated heterocycles. The van der Waals surface area contributed by atoms with Crippen molar-refractivity contribution in [3.8, 4) is 0 Å². The number of carbonyl (C=O) groups excluding carboxylic acids is 1. The summed E-state index contributed by atoms with van der Waals surface area (Å²) in [5.74, 6) is -0.415. The van der Waals surface area contributed by atoms with E-state index in [1.165, 1.54) is 29.3 Å². The average molecular weight is 366 g/mol. The minimum atomic E-state index is -1.11. The molecule has 0 spiro atoms. The highest BCUT2D eigenvalue weighted by Gasteiger charge is 2.29. The van der Waals surface area contributed by atoms with E-state index in [9.17, 15) is 9.59 Å². The number of pyridine rings is 1. The largest absolute Gasteiger partial charge is 0.476 e. The monoisotopic (exact) mass is 366 g/mol. The highest BCUT2D eigenvalue weighted by Crippen LogP contribution is 2.42. The number of amides is 1. The Morgan fingerprint density at radius 2 is 2.11 bits per heavy atom. The van der Waals surface area contributed by atoms with Crippen LogP contribution in [-0.2, 0) is 11.3 Å². The fourth-order valence-corrected chi connectivity index (χ4v) is 3.61. The third-order valence-corrected chi connectivity index (χ3v) is 5.10. The first-order chi connectivity index (χ1) is 13.1. The summed E-state index contributed by atoms with van der Waals surface area (Å²) in [6, 6.07) is 2.10. The van der Waals surface area contributed by atoms with Gasteiger partial charge in [0, 0.05) is 25.4 Å². The van der Waals surface area contributed by atoms with Crippen LogP contribution in [0.3, 0.4) is 0 Å². The molecule has 0 bridgehead atoms. The first-order valence-corrected chi connectivity index (χ1v) is 9.04. The molecular formula is C18H18N6O3. The highest BCUT2D eigenvalue weighted by atomic mass is 16.4. The molecule has 1 aliphatic heterocycles. The number of hydrogen-bond donors (Lipinski definition) is 1. The predicted molar refractivity (Wildman–Crippen MR) is 94.8 cm³/mol. The Balaban J connectivity index is 1.54. The number of carbonyl (C=O) groups is 2. The quantitative estimate of drug-likeness (QED) is 0.736. The summed E-state index contributed by atoms with van der Waals surface area (Å²) < 4.78 is 3.42. The fraction of sp³-hybridized carbons (Fsp3) is 0.389. The molecule has 9 heteroatoms. The van der Waals surface area contributed by atoms with E-state index >= 15 is 0 Å². The number of anilines is 1. The molecule has 3 aromatic rings. The van der Waals surface area contributed by atoms with Crippen molar-refractivity contribution >= 4 is 23.2 Å². The minimum Gasteiger partial charge on any atom is -0.476 e. The molecule has 27 heavy (non-hydrogen) atoms.